The molecular formula is C68H106N14O32S2. The zero-order valence-corrected chi connectivity index (χ0v) is 66.1. The summed E-state index contributed by atoms with van der Waals surface area (Å²) in [5.41, 5.74) is 5.73. The molecule has 1 fully saturated rings. The van der Waals surface area contributed by atoms with Crippen LogP contribution in [0.25, 0.3) is 0 Å². The zero-order valence-electron chi connectivity index (χ0n) is 64.4. The quantitative estimate of drug-likeness (QED) is 0.0199. The fraction of sp³-hybridized carbons (Fsp3) is 0.676. The van der Waals surface area contributed by atoms with E-state index in [1.54, 1.807) is 0 Å². The fourth-order valence-electron chi connectivity index (χ4n) is 10.9. The Labute approximate surface area is 673 Å². The molecule has 0 bridgehead atoms. The first-order chi connectivity index (χ1) is 54.1. The van der Waals surface area contributed by atoms with Crippen LogP contribution in [0.15, 0.2) is 0 Å². The van der Waals surface area contributed by atoms with Crippen LogP contribution < -0.4 is 69.5 Å². The first-order valence-corrected chi connectivity index (χ1v) is 38.4. The minimum absolute atomic E-state index is 0.109. The number of thiol groups is 1. The fourth-order valence-corrected chi connectivity index (χ4v) is 12.0. The molecule has 48 heteroatoms. The number of thioether (sulfide) groups is 1. The molecule has 1 aliphatic rings. The van der Waals surface area contributed by atoms with Crippen LogP contribution in [0.1, 0.15) is 163 Å². The number of carbonyl (C=O) groups is 22. The third kappa shape index (κ3) is 42.9. The SMILES string of the molecule is CSC[C@H](NC(=O)CNC(=O)[C@H](CC(C)C)NC(=O)[C@@H]1CCCN1C(=O)COCCNC(=O)[C@@H](CCC(=O)O)NC(=O)[C@@H](CCC(=O)O)NC(=O)[C@@H](CCC(=O)O)NC(=O)[C@@H](CCC(=O)O)NC(=O)[C@@H](CCC(=O)O)NC(=O)[C@@H](CCC(=O)O)NC(=O)[C@@H](CCC(=O)O)NC(=O)[C@@H](CCC(=O)O)NC(=O)[C@H](N)CCC(=O)O)C(C)(C)S. The number of carboxylic acids is 9. The number of likely N-dealkylation sites (tertiary alicyclic amines) is 1. The van der Waals surface area contributed by atoms with Crippen LogP contribution >= 0.6 is 24.4 Å². The van der Waals surface area contributed by atoms with Crippen molar-refractivity contribution < 1.29 is 156 Å². The molecule has 0 aliphatic carbocycles. The molecule has 652 valence electrons. The topological polar surface area (TPSA) is 740 Å². The maximum atomic E-state index is 14.2. The van der Waals surface area contributed by atoms with Gasteiger partial charge < -0.3 is 125 Å². The summed E-state index contributed by atoms with van der Waals surface area (Å²) in [6, 6.07) is -20.4. The van der Waals surface area contributed by atoms with Crippen LogP contribution in [0.4, 0.5) is 0 Å². The van der Waals surface area contributed by atoms with Crippen LogP contribution in [0.5, 0.6) is 0 Å². The van der Waals surface area contributed by atoms with E-state index in [2.05, 4.69) is 76.4 Å². The first kappa shape index (κ1) is 103. The van der Waals surface area contributed by atoms with Crippen LogP contribution in [-0.4, -0.2) is 303 Å². The largest absolute Gasteiger partial charge is 0.481 e. The molecule has 1 aliphatic heterocycles. The molecule has 0 aromatic carbocycles. The van der Waals surface area contributed by atoms with Gasteiger partial charge >= 0.3 is 53.7 Å². The molecule has 1 saturated heterocycles. The highest BCUT2D eigenvalue weighted by molar-refractivity contribution is 7.98. The highest BCUT2D eigenvalue weighted by Gasteiger charge is 2.40. The van der Waals surface area contributed by atoms with Crippen LogP contribution in [0, 0.1) is 5.92 Å². The number of hydrogen-bond acceptors (Lipinski definition) is 26. The smallest absolute Gasteiger partial charge is 0.303 e. The third-order valence-electron chi connectivity index (χ3n) is 17.2. The van der Waals surface area contributed by atoms with E-state index in [0.29, 0.717) is 12.2 Å². The third-order valence-corrected chi connectivity index (χ3v) is 18.2. The first-order valence-electron chi connectivity index (χ1n) is 36.5. The molecule has 0 saturated carbocycles. The van der Waals surface area contributed by atoms with Gasteiger partial charge in [-0.25, -0.2) is 0 Å². The Bertz CT molecular complexity index is 3510. The average Bonchev–Trinajstić information content (AvgIpc) is 1.63. The molecule has 0 spiro atoms. The molecule has 0 aromatic rings. The molecule has 46 nitrogen and oxygen atoms in total. The van der Waals surface area contributed by atoms with Crippen LogP contribution in [0.2, 0.25) is 0 Å². The van der Waals surface area contributed by atoms with Gasteiger partial charge in [-0.05, 0) is 103 Å². The number of amides is 13. The summed E-state index contributed by atoms with van der Waals surface area (Å²) in [6.07, 6.45) is -12.7. The summed E-state index contributed by atoms with van der Waals surface area (Å²) in [6.45, 7) is 5.48. The number of nitrogens with zero attached hydrogens (tertiary/aromatic N) is 1. The van der Waals surface area contributed by atoms with Gasteiger partial charge in [0.05, 0.1) is 25.2 Å². The van der Waals surface area contributed by atoms with Gasteiger partial charge in [-0.1, -0.05) is 13.8 Å². The van der Waals surface area contributed by atoms with Crippen molar-refractivity contribution in [1.82, 2.24) is 68.7 Å². The van der Waals surface area contributed by atoms with E-state index in [9.17, 15) is 146 Å². The van der Waals surface area contributed by atoms with Crippen LogP contribution in [-0.2, 0) is 110 Å². The molecule has 0 aromatic heterocycles. The van der Waals surface area contributed by atoms with E-state index in [-0.39, 0.29) is 31.3 Å². The maximum absolute atomic E-state index is 14.2. The Hall–Kier alpha value is -11.0. The Morgan fingerprint density at radius 1 is 0.422 bits per heavy atom. The molecule has 0 unspecified atom stereocenters. The molecule has 13 amide bonds. The van der Waals surface area contributed by atoms with Crippen molar-refractivity contribution in [1.29, 1.82) is 0 Å². The minimum atomic E-state index is -2.17. The number of hydrogen-bond donors (Lipinski definition) is 23. The van der Waals surface area contributed by atoms with E-state index < -0.39 is 344 Å². The lowest BCUT2D eigenvalue weighted by Gasteiger charge is -2.30. The lowest BCUT2D eigenvalue weighted by atomic mass is 10.0. The monoisotopic (exact) mass is 1690 g/mol. The Balaban J connectivity index is 3.53. The van der Waals surface area contributed by atoms with E-state index in [1.165, 1.54) is 16.7 Å². The van der Waals surface area contributed by atoms with Gasteiger partial charge in [0.1, 0.15) is 67.0 Å². The summed E-state index contributed by atoms with van der Waals surface area (Å²) < 4.78 is 4.90. The lowest BCUT2D eigenvalue weighted by molar-refractivity contribution is -0.142. The Morgan fingerprint density at radius 3 is 1.01 bits per heavy atom. The second kappa shape index (κ2) is 53.2. The molecule has 0 radical (unpaired) electrons. The van der Waals surface area contributed by atoms with E-state index >= 15 is 0 Å². The van der Waals surface area contributed by atoms with Crippen molar-refractivity contribution in [2.24, 2.45) is 11.7 Å². The molecule has 23 N–H and O–H groups in total. The average molecular weight is 1700 g/mol. The minimum Gasteiger partial charge on any atom is -0.481 e. The van der Waals surface area contributed by atoms with Crippen molar-refractivity contribution in [3.63, 3.8) is 0 Å². The molecular weight excluding hydrogens is 1590 g/mol. The standard InChI is InChI=1S/C68H106N14O32S2/c1-33(2)29-43(59(105)71-30-46(83)81-45(32-116-5)68(3,4)115)80-67(113)44-7-6-27-82(44)47(84)31-114-28-26-70-58(104)35(9-18-49(87)88)73-61(107)37(11-20-51(91)92)75-63(109)39(13-22-53(95)96)77-65(111)41(15-24-55(99)100)79-66(112)42(16-25-56(101)102)78-64(110)40(14-23-54(97)98)76-62(108)38(12-21-52(93)94)74-60(106)36(10-19-50(89)90)72-57(103)34(69)8-17-48(85)86/h33-45,115H,6-32,69H2,1-5H3,(H,70,104)(H,71,105)(H,72,103)(H,73,107)(H,74,106)(H,75,109)(H,76,108)(H,77,111)(H,78,110)(H,79,112)(H,80,113)(H,81,83)(H,85,86)(H,87,88)(H,89,90)(H,91,92)(H,93,94)(H,95,96)(H,97,98)(H,99,100)(H,101,102)/t34-,35-,36-,37-,38-,39-,40-,41-,42-,43+,44+,45+/m1/s1. The van der Waals surface area contributed by atoms with Gasteiger partial charge in [-0.15, -0.1) is 0 Å². The summed E-state index contributed by atoms with van der Waals surface area (Å²) in [7, 11) is 0. The number of nitrogens with two attached hydrogens (primary N) is 1. The summed E-state index contributed by atoms with van der Waals surface area (Å²) in [5, 5.41) is 113. The second-order valence-electron chi connectivity index (χ2n) is 27.7. The summed E-state index contributed by atoms with van der Waals surface area (Å²) in [5.74, 6) is -28.7. The molecule has 1 rings (SSSR count). The van der Waals surface area contributed by atoms with Crippen molar-refractivity contribution >= 4 is 155 Å². The van der Waals surface area contributed by atoms with Gasteiger partial charge in [0.2, 0.25) is 76.8 Å². The summed E-state index contributed by atoms with van der Waals surface area (Å²) in [4.78, 5) is 285. The maximum Gasteiger partial charge on any atom is 0.303 e. The van der Waals surface area contributed by atoms with Crippen molar-refractivity contribution in [3.05, 3.63) is 0 Å². The number of nitrogens with one attached hydrogen (secondary N) is 12. The predicted octanol–water partition coefficient (Wildman–Crippen LogP) is -5.70. The number of carboxylic acid groups (broad SMARTS) is 9. The predicted molar refractivity (Wildman–Crippen MR) is 402 cm³/mol. The van der Waals surface area contributed by atoms with Gasteiger partial charge in [-0.2, -0.15) is 24.4 Å². The van der Waals surface area contributed by atoms with E-state index in [1.807, 2.05) is 34.0 Å². The van der Waals surface area contributed by atoms with Crippen LogP contribution in [0.3, 0.4) is 0 Å². The Kier molecular flexibility index (Phi) is 47.2. The van der Waals surface area contributed by atoms with E-state index in [0.717, 1.165) is 0 Å². The molecule has 1 heterocycles. The number of aliphatic carboxylic acids is 9. The van der Waals surface area contributed by atoms with Crippen molar-refractivity contribution in [3.8, 4) is 0 Å². The molecule has 12 atom stereocenters. The van der Waals surface area contributed by atoms with Gasteiger partial charge in [-0.3, -0.25) is 105 Å². The lowest BCUT2D eigenvalue weighted by Crippen LogP contribution is -2.60. The highest BCUT2D eigenvalue weighted by atomic mass is 32.2. The van der Waals surface area contributed by atoms with Gasteiger partial charge in [0, 0.05) is 81.4 Å². The number of ether oxygens (including phenoxy) is 1. The normalized spacial score (nSPS) is 15.3. The Morgan fingerprint density at radius 2 is 0.716 bits per heavy atom. The van der Waals surface area contributed by atoms with Gasteiger partial charge in [0.25, 0.3) is 0 Å². The second-order valence-corrected chi connectivity index (χ2v) is 29.8. The van der Waals surface area contributed by atoms with Crippen molar-refractivity contribution in [2.75, 3.05) is 44.9 Å². The molecule has 116 heavy (non-hydrogen) atoms. The highest BCUT2D eigenvalue weighted by Crippen LogP contribution is 2.22. The zero-order chi connectivity index (χ0) is 88.3. The summed E-state index contributed by atoms with van der Waals surface area (Å²) >= 11 is 6.05. The van der Waals surface area contributed by atoms with Gasteiger partial charge in [0.15, 0.2) is 0 Å². The number of carbonyl (C=O) groups excluding carboxylic acids is 13. The van der Waals surface area contributed by atoms with Crippen molar-refractivity contribution in [2.45, 2.75) is 240 Å². The van der Waals surface area contributed by atoms with E-state index in [4.69, 9.17) is 15.6 Å². The number of rotatable bonds is 60.